The highest BCUT2D eigenvalue weighted by atomic mass is 16.5. The number of nitrogens with zero attached hydrogens (tertiary/aromatic N) is 1. The molecular formula is C22H31NO4. The van der Waals surface area contributed by atoms with Crippen LogP contribution in [0.2, 0.25) is 0 Å². The Morgan fingerprint density at radius 1 is 0.852 bits per heavy atom. The van der Waals surface area contributed by atoms with Gasteiger partial charge in [0.2, 0.25) is 0 Å². The molecule has 0 unspecified atom stereocenters. The van der Waals surface area contributed by atoms with E-state index in [9.17, 15) is 14.4 Å². The summed E-state index contributed by atoms with van der Waals surface area (Å²) in [4.78, 5) is 37.4. The van der Waals surface area contributed by atoms with Gasteiger partial charge in [0.1, 0.15) is 0 Å². The number of carbonyl (C=O) groups excluding carboxylic acids is 3. The average Bonchev–Trinajstić information content (AvgIpc) is 2.92. The number of rotatable bonds is 13. The van der Waals surface area contributed by atoms with Crippen LogP contribution in [0.15, 0.2) is 24.3 Å². The van der Waals surface area contributed by atoms with E-state index in [1.54, 1.807) is 24.3 Å². The standard InChI is InChI=1S/C22H31NO4/c1-2-3-4-5-6-7-8-9-12-17-27-20(24)15-16-23-21(25)18-13-10-11-14-19(18)22(23)26/h10-11,13-14H,2-9,12,15-17H2,1H3. The maximum absolute atomic E-state index is 12.2. The summed E-state index contributed by atoms with van der Waals surface area (Å²) in [6.07, 6.45) is 11.0. The Labute approximate surface area is 162 Å². The Balaban J connectivity index is 1.53. The highest BCUT2D eigenvalue weighted by Gasteiger charge is 2.35. The number of hydrogen-bond donors (Lipinski definition) is 0. The van der Waals surface area contributed by atoms with Crippen LogP contribution in [0.25, 0.3) is 0 Å². The second-order valence-corrected chi connectivity index (χ2v) is 7.11. The highest BCUT2D eigenvalue weighted by molar-refractivity contribution is 6.21. The number of fused-ring (bicyclic) bond motifs is 1. The molecular weight excluding hydrogens is 342 g/mol. The van der Waals surface area contributed by atoms with Gasteiger partial charge in [-0.15, -0.1) is 0 Å². The molecule has 5 heteroatoms. The van der Waals surface area contributed by atoms with E-state index in [1.807, 2.05) is 0 Å². The molecule has 2 rings (SSSR count). The number of hydrogen-bond acceptors (Lipinski definition) is 4. The summed E-state index contributed by atoms with van der Waals surface area (Å²) >= 11 is 0. The van der Waals surface area contributed by atoms with Crippen molar-refractivity contribution in [3.05, 3.63) is 35.4 Å². The van der Waals surface area contributed by atoms with Gasteiger partial charge in [-0.25, -0.2) is 0 Å². The Bertz CT molecular complexity index is 606. The van der Waals surface area contributed by atoms with E-state index < -0.39 is 0 Å². The van der Waals surface area contributed by atoms with Gasteiger partial charge in [0.25, 0.3) is 11.8 Å². The quantitative estimate of drug-likeness (QED) is 0.284. The van der Waals surface area contributed by atoms with Crippen LogP contribution in [0.1, 0.15) is 91.8 Å². The fourth-order valence-corrected chi connectivity index (χ4v) is 3.32. The molecule has 0 saturated heterocycles. The van der Waals surface area contributed by atoms with Gasteiger partial charge in [0, 0.05) is 6.54 Å². The van der Waals surface area contributed by atoms with Gasteiger partial charge >= 0.3 is 5.97 Å². The van der Waals surface area contributed by atoms with Gasteiger partial charge in [-0.3, -0.25) is 19.3 Å². The molecule has 0 saturated carbocycles. The molecule has 5 nitrogen and oxygen atoms in total. The normalized spacial score (nSPS) is 13.1. The molecule has 27 heavy (non-hydrogen) atoms. The molecule has 0 radical (unpaired) electrons. The van der Waals surface area contributed by atoms with Crippen LogP contribution in [0.5, 0.6) is 0 Å². The zero-order valence-electron chi connectivity index (χ0n) is 16.4. The lowest BCUT2D eigenvalue weighted by Gasteiger charge is -2.13. The fourth-order valence-electron chi connectivity index (χ4n) is 3.32. The van der Waals surface area contributed by atoms with Crippen molar-refractivity contribution in [2.75, 3.05) is 13.2 Å². The smallest absolute Gasteiger partial charge is 0.307 e. The van der Waals surface area contributed by atoms with Gasteiger partial charge in [0.05, 0.1) is 24.2 Å². The van der Waals surface area contributed by atoms with Gasteiger partial charge in [-0.1, -0.05) is 70.4 Å². The molecule has 0 aromatic heterocycles. The first kappa shape index (κ1) is 21.1. The number of imide groups is 1. The molecule has 0 N–H and O–H groups in total. The molecule has 1 aliphatic heterocycles. The van der Waals surface area contributed by atoms with Crippen molar-refractivity contribution in [1.29, 1.82) is 0 Å². The highest BCUT2D eigenvalue weighted by Crippen LogP contribution is 2.22. The molecule has 0 atom stereocenters. The van der Waals surface area contributed by atoms with Crippen molar-refractivity contribution >= 4 is 17.8 Å². The summed E-state index contributed by atoms with van der Waals surface area (Å²) in [5.74, 6) is -1.02. The number of esters is 1. The molecule has 0 fully saturated rings. The van der Waals surface area contributed by atoms with Crippen molar-refractivity contribution in [1.82, 2.24) is 4.90 Å². The summed E-state index contributed by atoms with van der Waals surface area (Å²) in [7, 11) is 0. The molecule has 148 valence electrons. The largest absolute Gasteiger partial charge is 0.466 e. The predicted molar refractivity (Wildman–Crippen MR) is 105 cm³/mol. The predicted octanol–water partition coefficient (Wildman–Crippen LogP) is 4.75. The second kappa shape index (κ2) is 11.5. The van der Waals surface area contributed by atoms with Crippen molar-refractivity contribution in [2.24, 2.45) is 0 Å². The summed E-state index contributed by atoms with van der Waals surface area (Å²) in [6.45, 7) is 2.71. The minimum Gasteiger partial charge on any atom is -0.466 e. The van der Waals surface area contributed by atoms with Gasteiger partial charge in [-0.2, -0.15) is 0 Å². The Kier molecular flexibility index (Phi) is 9.02. The lowest BCUT2D eigenvalue weighted by Crippen LogP contribution is -2.32. The third-order valence-electron chi connectivity index (χ3n) is 4.93. The number of unbranched alkanes of at least 4 members (excludes halogenated alkanes) is 8. The zero-order chi connectivity index (χ0) is 19.5. The van der Waals surface area contributed by atoms with E-state index in [0.29, 0.717) is 17.7 Å². The van der Waals surface area contributed by atoms with Gasteiger partial charge < -0.3 is 4.74 Å². The van der Waals surface area contributed by atoms with E-state index in [4.69, 9.17) is 4.74 Å². The Morgan fingerprint density at radius 3 is 1.93 bits per heavy atom. The van der Waals surface area contributed by atoms with Crippen LogP contribution >= 0.6 is 0 Å². The van der Waals surface area contributed by atoms with E-state index in [2.05, 4.69) is 6.92 Å². The average molecular weight is 373 g/mol. The van der Waals surface area contributed by atoms with Crippen LogP contribution < -0.4 is 0 Å². The second-order valence-electron chi connectivity index (χ2n) is 7.11. The van der Waals surface area contributed by atoms with Crippen LogP contribution in [0.3, 0.4) is 0 Å². The molecule has 1 aromatic rings. The van der Waals surface area contributed by atoms with Crippen LogP contribution in [0.4, 0.5) is 0 Å². The zero-order valence-corrected chi connectivity index (χ0v) is 16.4. The van der Waals surface area contributed by atoms with Crippen LogP contribution in [0, 0.1) is 0 Å². The number of amides is 2. The molecule has 1 heterocycles. The first-order valence-corrected chi connectivity index (χ1v) is 10.3. The summed E-state index contributed by atoms with van der Waals surface area (Å²) in [6, 6.07) is 6.73. The summed E-state index contributed by atoms with van der Waals surface area (Å²) in [5, 5.41) is 0. The minimum atomic E-state index is -0.355. The third kappa shape index (κ3) is 6.49. The molecule has 1 aliphatic rings. The van der Waals surface area contributed by atoms with E-state index in [-0.39, 0.29) is 30.7 Å². The Morgan fingerprint density at radius 2 is 1.37 bits per heavy atom. The molecule has 1 aromatic carbocycles. The third-order valence-corrected chi connectivity index (χ3v) is 4.93. The Hall–Kier alpha value is -2.17. The molecule has 2 amide bonds. The molecule has 0 bridgehead atoms. The SMILES string of the molecule is CCCCCCCCCCCOC(=O)CCN1C(=O)c2ccccc2C1=O. The van der Waals surface area contributed by atoms with E-state index >= 15 is 0 Å². The van der Waals surface area contributed by atoms with Gasteiger partial charge in [0.15, 0.2) is 0 Å². The van der Waals surface area contributed by atoms with Crippen molar-refractivity contribution in [3.8, 4) is 0 Å². The lowest BCUT2D eigenvalue weighted by atomic mass is 10.1. The monoisotopic (exact) mass is 373 g/mol. The van der Waals surface area contributed by atoms with Crippen molar-refractivity contribution in [2.45, 2.75) is 71.1 Å². The maximum atomic E-state index is 12.2. The van der Waals surface area contributed by atoms with Crippen molar-refractivity contribution in [3.63, 3.8) is 0 Å². The molecule has 0 aliphatic carbocycles. The molecule has 0 spiro atoms. The lowest BCUT2D eigenvalue weighted by molar-refractivity contribution is -0.143. The summed E-state index contributed by atoms with van der Waals surface area (Å²) in [5.41, 5.74) is 0.816. The number of benzene rings is 1. The minimum absolute atomic E-state index is 0.0445. The fraction of sp³-hybridized carbons (Fsp3) is 0.591. The maximum Gasteiger partial charge on any atom is 0.307 e. The number of ether oxygens (including phenoxy) is 1. The summed E-state index contributed by atoms with van der Waals surface area (Å²) < 4.78 is 5.22. The van der Waals surface area contributed by atoms with Gasteiger partial charge in [-0.05, 0) is 18.6 Å². The van der Waals surface area contributed by atoms with Crippen LogP contribution in [-0.2, 0) is 9.53 Å². The van der Waals surface area contributed by atoms with E-state index in [1.165, 1.54) is 44.9 Å². The first-order chi connectivity index (χ1) is 13.1. The first-order valence-electron chi connectivity index (χ1n) is 10.3. The van der Waals surface area contributed by atoms with E-state index in [0.717, 1.165) is 17.7 Å². The topological polar surface area (TPSA) is 63.7 Å². The van der Waals surface area contributed by atoms with Crippen molar-refractivity contribution < 1.29 is 19.1 Å². The van der Waals surface area contributed by atoms with Crippen LogP contribution in [-0.4, -0.2) is 35.8 Å². The number of carbonyl (C=O) groups is 3.